The van der Waals surface area contributed by atoms with Crippen LogP contribution in [0, 0.1) is 40.3 Å². The first-order valence-electron chi connectivity index (χ1n) is 21.7. The molecule has 3 aromatic carbocycles. The summed E-state index contributed by atoms with van der Waals surface area (Å²) in [5, 5.41) is 14.8. The molecule has 0 amide bonds. The lowest BCUT2D eigenvalue weighted by Gasteiger charge is -2.42. The second-order valence-corrected chi connectivity index (χ2v) is 23.7. The van der Waals surface area contributed by atoms with E-state index in [-0.39, 0.29) is 88.5 Å². The summed E-state index contributed by atoms with van der Waals surface area (Å²) in [5.74, 6) is 1.37. The number of alkyl halides is 2. The predicted octanol–water partition coefficient (Wildman–Crippen LogP) is 9.55. The maximum absolute atomic E-state index is 18.1. The van der Waals surface area contributed by atoms with E-state index in [1.165, 1.54) is 18.2 Å². The summed E-state index contributed by atoms with van der Waals surface area (Å²) < 4.78 is 95.8. The quantitative estimate of drug-likeness (QED) is 0.101. The normalized spacial score (nSPS) is 28.8. The standard InChI is InChI=1S/C46H55F4N5O2Si/c1-26(2)58(27(3)4,28(5)6)16-11-33-37(48)10-9-29-17-32(52)19-35(39(29)33)40-30(22-51)18-34-38(55-14-15-56-24-36-41(49)44(36)55)21-45(7,53-43(34)42(40)50)57-25-46-12-8-13-54(46)23-31(47)20-46/h9-10,17-19,21,26-28,31,36,41,44,53H,8,12-15,20,23-25,52H2,1-7H3/t31-,36+,41+,44+,45?,46+/m1/s1/i25D2. The Bertz CT molecular complexity index is 2360. The molecule has 1 unspecified atom stereocenters. The van der Waals surface area contributed by atoms with Crippen LogP contribution in [0.2, 0.25) is 16.6 Å². The highest BCUT2D eigenvalue weighted by molar-refractivity contribution is 6.90. The Kier molecular flexibility index (Phi) is 9.79. The molecule has 5 aliphatic rings. The molecule has 1 aliphatic carbocycles. The average molecular weight is 816 g/mol. The second-order valence-electron chi connectivity index (χ2n) is 18.1. The largest absolute Gasteiger partial charge is 0.399 e. The maximum atomic E-state index is 18.1. The van der Waals surface area contributed by atoms with Gasteiger partial charge in [0.1, 0.15) is 26.2 Å². The van der Waals surface area contributed by atoms with Crippen LogP contribution in [0.1, 0.15) is 87.2 Å². The van der Waals surface area contributed by atoms with Crippen LogP contribution in [0.3, 0.4) is 0 Å². The van der Waals surface area contributed by atoms with Gasteiger partial charge in [-0.05, 0) is 84.2 Å². The number of hydrogen-bond donors (Lipinski definition) is 2. The number of nitrogens with two attached hydrogens (primary N) is 1. The molecule has 3 aromatic rings. The zero-order chi connectivity index (χ0) is 43.3. The summed E-state index contributed by atoms with van der Waals surface area (Å²) >= 11 is 0. The van der Waals surface area contributed by atoms with Crippen LogP contribution < -0.4 is 11.1 Å². The van der Waals surface area contributed by atoms with E-state index in [1.807, 2.05) is 4.90 Å². The van der Waals surface area contributed by atoms with Gasteiger partial charge in [0.15, 0.2) is 11.5 Å². The molecule has 0 bridgehead atoms. The number of nitriles is 1. The van der Waals surface area contributed by atoms with Crippen molar-refractivity contribution < 1.29 is 29.8 Å². The number of ether oxygens (including phenoxy) is 2. The maximum Gasteiger partial charge on any atom is 0.157 e. The van der Waals surface area contributed by atoms with E-state index in [1.54, 1.807) is 30.0 Å². The van der Waals surface area contributed by atoms with Gasteiger partial charge in [-0.3, -0.25) is 4.90 Å². The minimum Gasteiger partial charge on any atom is -0.399 e. The molecule has 0 spiro atoms. The van der Waals surface area contributed by atoms with Crippen molar-refractivity contribution in [3.05, 3.63) is 64.7 Å². The molecule has 4 fully saturated rings. The van der Waals surface area contributed by atoms with Crippen LogP contribution in [0.5, 0.6) is 0 Å². The smallest absolute Gasteiger partial charge is 0.157 e. The first-order chi connectivity index (χ1) is 28.3. The Labute approximate surface area is 343 Å². The topological polar surface area (TPSA) is 86.8 Å². The number of nitrogens with one attached hydrogen (secondary N) is 1. The van der Waals surface area contributed by atoms with E-state index >= 15 is 13.2 Å². The van der Waals surface area contributed by atoms with Gasteiger partial charge in [-0.1, -0.05) is 53.5 Å². The summed E-state index contributed by atoms with van der Waals surface area (Å²) in [4.78, 5) is 3.62. The molecule has 1 saturated carbocycles. The first-order valence-corrected chi connectivity index (χ1v) is 22.9. The zero-order valence-corrected chi connectivity index (χ0v) is 35.4. The third-order valence-corrected chi connectivity index (χ3v) is 19.9. The fourth-order valence-corrected chi connectivity index (χ4v) is 16.0. The zero-order valence-electron chi connectivity index (χ0n) is 36.4. The summed E-state index contributed by atoms with van der Waals surface area (Å²) in [5.41, 5.74) is 8.66. The number of halogens is 4. The number of fused-ring (bicyclic) bond motifs is 4. The number of rotatable bonds is 8. The SMILES string of the molecule is [2H]C([2H])(OC1(C)C=C(N2CCOC[C@H]3[C@H](F)[C@H]32)c2cc(C#N)c(-c3cc(N)cc4ccc(F)c(C#C[Si](C(C)C)(C(C)C)C(C)C)c34)c(F)c2N1)[C@@]12CCCN1C[C@H](F)C2. The molecule has 6 atom stereocenters. The van der Waals surface area contributed by atoms with E-state index in [4.69, 9.17) is 15.2 Å². The van der Waals surface area contributed by atoms with Crippen LogP contribution in [-0.4, -0.2) is 86.9 Å². The van der Waals surface area contributed by atoms with Gasteiger partial charge in [0, 0.05) is 58.9 Å². The van der Waals surface area contributed by atoms with Gasteiger partial charge in [0.25, 0.3) is 0 Å². The number of hydrogen-bond acceptors (Lipinski definition) is 7. The van der Waals surface area contributed by atoms with Crippen molar-refractivity contribution in [2.45, 2.75) is 114 Å². The Morgan fingerprint density at radius 1 is 1.09 bits per heavy atom. The Hall–Kier alpha value is -4.07. The lowest BCUT2D eigenvalue weighted by molar-refractivity contribution is -0.0325. The van der Waals surface area contributed by atoms with Crippen molar-refractivity contribution in [3.8, 4) is 28.7 Å². The van der Waals surface area contributed by atoms with E-state index in [2.05, 4.69) is 64.4 Å². The number of benzene rings is 3. The van der Waals surface area contributed by atoms with Crippen molar-refractivity contribution in [2.24, 2.45) is 5.92 Å². The van der Waals surface area contributed by atoms with Gasteiger partial charge in [0.2, 0.25) is 0 Å². The van der Waals surface area contributed by atoms with E-state index in [0.29, 0.717) is 35.9 Å². The third-order valence-electron chi connectivity index (χ3n) is 13.6. The lowest BCUT2D eigenvalue weighted by atomic mass is 9.87. The second kappa shape index (κ2) is 14.9. The Balaban J connectivity index is 1.34. The Morgan fingerprint density at radius 3 is 2.53 bits per heavy atom. The minimum absolute atomic E-state index is 0.0522. The van der Waals surface area contributed by atoms with Crippen molar-refractivity contribution >= 4 is 35.9 Å². The first kappa shape index (κ1) is 38.1. The predicted molar refractivity (Wildman–Crippen MR) is 225 cm³/mol. The van der Waals surface area contributed by atoms with E-state index in [0.717, 1.165) is 0 Å². The van der Waals surface area contributed by atoms with Crippen molar-refractivity contribution in [2.75, 3.05) is 50.5 Å². The van der Waals surface area contributed by atoms with Crippen LogP contribution in [0.15, 0.2) is 36.4 Å². The number of anilines is 2. The molecule has 7 nitrogen and oxygen atoms in total. The lowest BCUT2D eigenvalue weighted by Crippen LogP contribution is -2.49. The molecule has 4 heterocycles. The summed E-state index contributed by atoms with van der Waals surface area (Å²) in [6.45, 7) is 13.5. The summed E-state index contributed by atoms with van der Waals surface area (Å²) in [7, 11) is -2.37. The highest BCUT2D eigenvalue weighted by Gasteiger charge is 2.57. The molecule has 0 radical (unpaired) electrons. The minimum atomic E-state index is -2.42. The van der Waals surface area contributed by atoms with Gasteiger partial charge in [-0.25, -0.2) is 17.6 Å². The molecular formula is C46H55F4N5O2Si. The molecule has 4 aliphatic heterocycles. The molecular weight excluding hydrogens is 759 g/mol. The third kappa shape index (κ3) is 6.59. The van der Waals surface area contributed by atoms with E-state index < -0.39 is 61.8 Å². The summed E-state index contributed by atoms with van der Waals surface area (Å²) in [6.07, 6.45) is 0.166. The molecule has 0 aromatic heterocycles. The average Bonchev–Trinajstić information content (AvgIpc) is 3.52. The van der Waals surface area contributed by atoms with E-state index in [9.17, 15) is 12.4 Å². The van der Waals surface area contributed by atoms with Gasteiger partial charge in [-0.15, -0.1) is 5.54 Å². The number of nitrogens with zero attached hydrogens (tertiary/aromatic N) is 3. The Morgan fingerprint density at radius 2 is 1.83 bits per heavy atom. The molecule has 308 valence electrons. The monoisotopic (exact) mass is 815 g/mol. The van der Waals surface area contributed by atoms with Gasteiger partial charge in [-0.2, -0.15) is 5.26 Å². The van der Waals surface area contributed by atoms with Gasteiger partial charge < -0.3 is 25.4 Å². The van der Waals surface area contributed by atoms with Crippen molar-refractivity contribution in [1.82, 2.24) is 9.80 Å². The highest BCUT2D eigenvalue weighted by Crippen LogP contribution is 2.51. The molecule has 3 N–H and O–H groups in total. The van der Waals surface area contributed by atoms with Gasteiger partial charge in [0.05, 0.1) is 51.4 Å². The highest BCUT2D eigenvalue weighted by atomic mass is 28.3. The molecule has 3 saturated heterocycles. The van der Waals surface area contributed by atoms with Gasteiger partial charge >= 0.3 is 0 Å². The van der Waals surface area contributed by atoms with Crippen molar-refractivity contribution in [1.29, 1.82) is 5.26 Å². The number of nitrogen functional groups attached to an aromatic ring is 1. The van der Waals surface area contributed by atoms with Crippen LogP contribution in [-0.2, 0) is 9.47 Å². The van der Waals surface area contributed by atoms with Crippen LogP contribution in [0.25, 0.3) is 27.6 Å². The molecule has 8 rings (SSSR count). The van der Waals surface area contributed by atoms with Crippen molar-refractivity contribution in [3.63, 3.8) is 0 Å². The molecule has 12 heteroatoms. The van der Waals surface area contributed by atoms with Crippen LogP contribution in [0.4, 0.5) is 28.9 Å². The van der Waals surface area contributed by atoms with Crippen LogP contribution >= 0.6 is 0 Å². The fourth-order valence-electron chi connectivity index (χ4n) is 10.8. The summed E-state index contributed by atoms with van der Waals surface area (Å²) in [6, 6.07) is 9.23. The fraction of sp³-hybridized carbons (Fsp3) is 0.543. The molecule has 58 heavy (non-hydrogen) atoms.